The molecule has 1 amide bonds. The van der Waals surface area contributed by atoms with Crippen LogP contribution in [-0.2, 0) is 0 Å². The summed E-state index contributed by atoms with van der Waals surface area (Å²) in [5.74, 6) is 1.06. The molecule has 2 N–H and O–H groups in total. The van der Waals surface area contributed by atoms with Gasteiger partial charge in [-0.05, 0) is 31.2 Å². The van der Waals surface area contributed by atoms with Gasteiger partial charge in [-0.2, -0.15) is 0 Å². The zero-order valence-corrected chi connectivity index (χ0v) is 10.9. The second-order valence-electron chi connectivity index (χ2n) is 5.12. The molecule has 1 fully saturated rings. The number of aromatic nitrogens is 2. The van der Waals surface area contributed by atoms with Gasteiger partial charge < -0.3 is 10.6 Å². The van der Waals surface area contributed by atoms with Gasteiger partial charge in [-0.25, -0.2) is 9.97 Å². The Morgan fingerprint density at radius 2 is 2.28 bits per heavy atom. The van der Waals surface area contributed by atoms with Crippen LogP contribution < -0.4 is 10.6 Å². The second kappa shape index (κ2) is 5.80. The predicted molar refractivity (Wildman–Crippen MR) is 70.5 cm³/mol. The summed E-state index contributed by atoms with van der Waals surface area (Å²) >= 11 is 0. The molecule has 5 nitrogen and oxygen atoms in total. The summed E-state index contributed by atoms with van der Waals surface area (Å²) in [6, 6.07) is 2.00. The van der Waals surface area contributed by atoms with Crippen LogP contribution in [0.3, 0.4) is 0 Å². The van der Waals surface area contributed by atoms with Crippen LogP contribution in [0.15, 0.2) is 12.3 Å². The number of amides is 1. The maximum absolute atomic E-state index is 11.8. The molecule has 2 rings (SSSR count). The molecule has 0 saturated heterocycles. The van der Waals surface area contributed by atoms with Crippen molar-refractivity contribution >= 4 is 11.9 Å². The maximum Gasteiger partial charge on any atom is 0.270 e. The Bertz CT molecular complexity index is 415. The SMILES string of the molecule is CC(C)CCNc1nccc(C(=O)NC2CC2)n1. The second-order valence-corrected chi connectivity index (χ2v) is 5.12. The van der Waals surface area contributed by atoms with Crippen molar-refractivity contribution in [2.45, 2.75) is 39.2 Å². The first-order chi connectivity index (χ1) is 8.65. The summed E-state index contributed by atoms with van der Waals surface area (Å²) < 4.78 is 0. The van der Waals surface area contributed by atoms with Crippen molar-refractivity contribution in [2.75, 3.05) is 11.9 Å². The van der Waals surface area contributed by atoms with E-state index in [9.17, 15) is 4.79 Å². The first kappa shape index (κ1) is 12.8. The number of hydrogen-bond acceptors (Lipinski definition) is 4. The van der Waals surface area contributed by atoms with E-state index in [0.717, 1.165) is 25.8 Å². The fraction of sp³-hybridized carbons (Fsp3) is 0.615. The van der Waals surface area contributed by atoms with Crippen molar-refractivity contribution in [1.29, 1.82) is 0 Å². The Morgan fingerprint density at radius 1 is 1.50 bits per heavy atom. The van der Waals surface area contributed by atoms with E-state index in [-0.39, 0.29) is 5.91 Å². The van der Waals surface area contributed by atoms with Gasteiger partial charge in [-0.3, -0.25) is 4.79 Å². The molecule has 1 aromatic rings. The summed E-state index contributed by atoms with van der Waals surface area (Å²) in [4.78, 5) is 20.1. The number of nitrogens with zero attached hydrogens (tertiary/aromatic N) is 2. The summed E-state index contributed by atoms with van der Waals surface area (Å²) in [7, 11) is 0. The van der Waals surface area contributed by atoms with Crippen molar-refractivity contribution in [3.8, 4) is 0 Å². The number of carbonyl (C=O) groups is 1. The fourth-order valence-electron chi connectivity index (χ4n) is 1.53. The molecule has 1 saturated carbocycles. The van der Waals surface area contributed by atoms with Crippen LogP contribution in [0.1, 0.15) is 43.6 Å². The standard InChI is InChI=1S/C13H20N4O/c1-9(2)5-7-14-13-15-8-6-11(17-13)12(18)16-10-3-4-10/h6,8-10H,3-5,7H2,1-2H3,(H,16,18)(H,14,15,17). The fourth-order valence-corrected chi connectivity index (χ4v) is 1.53. The number of carbonyl (C=O) groups excluding carboxylic acids is 1. The normalized spacial score (nSPS) is 14.6. The topological polar surface area (TPSA) is 66.9 Å². The van der Waals surface area contributed by atoms with Gasteiger partial charge in [0.25, 0.3) is 5.91 Å². The minimum atomic E-state index is -0.105. The van der Waals surface area contributed by atoms with Gasteiger partial charge in [0.2, 0.25) is 5.95 Å². The Balaban J connectivity index is 1.89. The van der Waals surface area contributed by atoms with E-state index >= 15 is 0 Å². The van der Waals surface area contributed by atoms with Crippen molar-refractivity contribution < 1.29 is 4.79 Å². The van der Waals surface area contributed by atoms with Crippen LogP contribution >= 0.6 is 0 Å². The van der Waals surface area contributed by atoms with Gasteiger partial charge in [-0.15, -0.1) is 0 Å². The molecular weight excluding hydrogens is 228 g/mol. The monoisotopic (exact) mass is 248 g/mol. The van der Waals surface area contributed by atoms with Crippen LogP contribution in [0.4, 0.5) is 5.95 Å². The molecule has 98 valence electrons. The molecule has 0 radical (unpaired) electrons. The van der Waals surface area contributed by atoms with Gasteiger partial charge in [0, 0.05) is 18.8 Å². The summed E-state index contributed by atoms with van der Waals surface area (Å²) in [6.45, 7) is 5.16. The Hall–Kier alpha value is -1.65. The lowest BCUT2D eigenvalue weighted by atomic mass is 10.1. The highest BCUT2D eigenvalue weighted by molar-refractivity contribution is 5.92. The number of hydrogen-bond donors (Lipinski definition) is 2. The molecule has 1 aliphatic carbocycles. The van der Waals surface area contributed by atoms with Crippen LogP contribution in [-0.4, -0.2) is 28.5 Å². The third-order valence-corrected chi connectivity index (χ3v) is 2.81. The molecular formula is C13H20N4O. The van der Waals surface area contributed by atoms with E-state index in [4.69, 9.17) is 0 Å². The first-order valence-corrected chi connectivity index (χ1v) is 6.53. The molecule has 0 atom stereocenters. The van der Waals surface area contributed by atoms with Crippen LogP contribution in [0.5, 0.6) is 0 Å². The lowest BCUT2D eigenvalue weighted by molar-refractivity contribution is 0.0946. The lowest BCUT2D eigenvalue weighted by Gasteiger charge is -2.08. The molecule has 18 heavy (non-hydrogen) atoms. The maximum atomic E-state index is 11.8. The third-order valence-electron chi connectivity index (χ3n) is 2.81. The Morgan fingerprint density at radius 3 is 2.94 bits per heavy atom. The van der Waals surface area contributed by atoms with E-state index in [0.29, 0.717) is 23.6 Å². The molecule has 0 unspecified atom stereocenters. The molecule has 5 heteroatoms. The average Bonchev–Trinajstić information content (AvgIpc) is 3.13. The highest BCUT2D eigenvalue weighted by Gasteiger charge is 2.24. The predicted octanol–water partition coefficient (Wildman–Crippen LogP) is 1.83. The zero-order valence-electron chi connectivity index (χ0n) is 10.9. The lowest BCUT2D eigenvalue weighted by Crippen LogP contribution is -2.26. The summed E-state index contributed by atoms with van der Waals surface area (Å²) in [5, 5.41) is 6.05. The van der Waals surface area contributed by atoms with Crippen molar-refractivity contribution in [3.63, 3.8) is 0 Å². The molecule has 1 aromatic heterocycles. The Labute approximate surface area is 107 Å². The third kappa shape index (κ3) is 3.98. The van der Waals surface area contributed by atoms with E-state index in [2.05, 4.69) is 34.4 Å². The highest BCUT2D eigenvalue weighted by atomic mass is 16.2. The molecule has 0 bridgehead atoms. The molecule has 1 aliphatic rings. The molecule has 0 aromatic carbocycles. The summed E-state index contributed by atoms with van der Waals surface area (Å²) in [6.07, 6.45) is 4.83. The van der Waals surface area contributed by atoms with Crippen LogP contribution in [0.2, 0.25) is 0 Å². The van der Waals surface area contributed by atoms with Gasteiger partial charge in [0.15, 0.2) is 0 Å². The molecule has 0 spiro atoms. The van der Waals surface area contributed by atoms with Crippen molar-refractivity contribution in [2.24, 2.45) is 5.92 Å². The smallest absolute Gasteiger partial charge is 0.270 e. The molecule has 0 aliphatic heterocycles. The zero-order chi connectivity index (χ0) is 13.0. The minimum absolute atomic E-state index is 0.105. The van der Waals surface area contributed by atoms with Crippen molar-refractivity contribution in [1.82, 2.24) is 15.3 Å². The van der Waals surface area contributed by atoms with Crippen LogP contribution in [0.25, 0.3) is 0 Å². The van der Waals surface area contributed by atoms with Crippen LogP contribution in [0, 0.1) is 5.92 Å². The van der Waals surface area contributed by atoms with E-state index < -0.39 is 0 Å². The van der Waals surface area contributed by atoms with Gasteiger partial charge in [0.05, 0.1) is 0 Å². The van der Waals surface area contributed by atoms with E-state index in [1.54, 1.807) is 12.3 Å². The van der Waals surface area contributed by atoms with E-state index in [1.165, 1.54) is 0 Å². The molecule has 1 heterocycles. The minimum Gasteiger partial charge on any atom is -0.354 e. The Kier molecular flexibility index (Phi) is 4.12. The number of rotatable bonds is 6. The van der Waals surface area contributed by atoms with Crippen molar-refractivity contribution in [3.05, 3.63) is 18.0 Å². The van der Waals surface area contributed by atoms with Gasteiger partial charge in [0.1, 0.15) is 5.69 Å². The quantitative estimate of drug-likeness (QED) is 0.806. The van der Waals surface area contributed by atoms with Gasteiger partial charge >= 0.3 is 0 Å². The summed E-state index contributed by atoms with van der Waals surface area (Å²) in [5.41, 5.74) is 0.434. The average molecular weight is 248 g/mol. The number of nitrogens with one attached hydrogen (secondary N) is 2. The first-order valence-electron chi connectivity index (χ1n) is 6.53. The highest BCUT2D eigenvalue weighted by Crippen LogP contribution is 2.19. The van der Waals surface area contributed by atoms with E-state index in [1.807, 2.05) is 0 Å². The number of anilines is 1. The largest absolute Gasteiger partial charge is 0.354 e. The van der Waals surface area contributed by atoms with Gasteiger partial charge in [-0.1, -0.05) is 13.8 Å².